The first-order valence-electron chi connectivity index (χ1n) is 10.4. The predicted molar refractivity (Wildman–Crippen MR) is 119 cm³/mol. The van der Waals surface area contributed by atoms with Gasteiger partial charge in [-0.3, -0.25) is 14.0 Å². The maximum absolute atomic E-state index is 12.8. The predicted octanol–water partition coefficient (Wildman–Crippen LogP) is 2.81. The number of aryl methyl sites for hydroxylation is 1. The number of amides is 1. The van der Waals surface area contributed by atoms with Gasteiger partial charge in [-0.15, -0.1) is 0 Å². The number of benzene rings is 2. The van der Waals surface area contributed by atoms with Crippen LogP contribution in [-0.4, -0.2) is 54.9 Å². The van der Waals surface area contributed by atoms with Crippen molar-refractivity contribution in [2.24, 2.45) is 7.05 Å². The van der Waals surface area contributed by atoms with Crippen molar-refractivity contribution in [1.29, 1.82) is 0 Å². The van der Waals surface area contributed by atoms with E-state index in [2.05, 4.69) is 39.7 Å². The molecule has 1 amide bonds. The molecule has 0 saturated heterocycles. The smallest absolute Gasteiger partial charge is 0.256 e. The highest BCUT2D eigenvalue weighted by Crippen LogP contribution is 2.33. The molecule has 8 heteroatoms. The largest absolute Gasteiger partial charge is 0.395 e. The van der Waals surface area contributed by atoms with E-state index < -0.39 is 0 Å². The first kappa shape index (κ1) is 19.3. The second-order valence-corrected chi connectivity index (χ2v) is 7.72. The number of carbonyl (C=O) groups is 1. The fourth-order valence-electron chi connectivity index (χ4n) is 4.19. The zero-order chi connectivity index (χ0) is 21.5. The number of fused-ring (bicyclic) bond motifs is 2. The van der Waals surface area contributed by atoms with E-state index in [0.29, 0.717) is 25.2 Å². The third kappa shape index (κ3) is 3.25. The Morgan fingerprint density at radius 3 is 2.81 bits per heavy atom. The number of hydrogen-bond acceptors (Lipinski definition) is 5. The summed E-state index contributed by atoms with van der Waals surface area (Å²) in [6.07, 6.45) is 5.63. The molecule has 1 aliphatic heterocycles. The lowest BCUT2D eigenvalue weighted by Gasteiger charge is -2.13. The number of rotatable bonds is 6. The highest BCUT2D eigenvalue weighted by atomic mass is 16.3. The van der Waals surface area contributed by atoms with Crippen molar-refractivity contribution >= 4 is 22.6 Å². The number of aliphatic hydroxyl groups is 1. The first-order valence-corrected chi connectivity index (χ1v) is 10.4. The molecule has 3 heterocycles. The molecule has 0 fully saturated rings. The van der Waals surface area contributed by atoms with Gasteiger partial charge >= 0.3 is 0 Å². The monoisotopic (exact) mass is 416 g/mol. The van der Waals surface area contributed by atoms with Crippen molar-refractivity contribution in [3.8, 4) is 16.8 Å². The third-order valence-electron chi connectivity index (χ3n) is 5.74. The zero-order valence-electron chi connectivity index (χ0n) is 17.5. The highest BCUT2D eigenvalue weighted by Gasteiger charge is 2.30. The van der Waals surface area contributed by atoms with Gasteiger partial charge < -0.3 is 15.3 Å². The molecule has 1 aliphatic rings. The maximum atomic E-state index is 12.8. The maximum Gasteiger partial charge on any atom is 0.256 e. The van der Waals surface area contributed by atoms with Crippen LogP contribution in [0.5, 0.6) is 0 Å². The first-order chi connectivity index (χ1) is 15.1. The van der Waals surface area contributed by atoms with Crippen LogP contribution in [0.15, 0.2) is 49.1 Å². The summed E-state index contributed by atoms with van der Waals surface area (Å²) in [6.45, 7) is 3.61. The molecular weight excluding hydrogens is 392 g/mol. The normalized spacial score (nSPS) is 13.3. The van der Waals surface area contributed by atoms with Gasteiger partial charge in [0.2, 0.25) is 0 Å². The summed E-state index contributed by atoms with van der Waals surface area (Å²) >= 11 is 0. The molecule has 2 aromatic carbocycles. The van der Waals surface area contributed by atoms with Crippen molar-refractivity contribution in [3.05, 3.63) is 60.2 Å². The topological polar surface area (TPSA) is 88.2 Å². The summed E-state index contributed by atoms with van der Waals surface area (Å²) in [5.41, 5.74) is 7.34. The molecule has 0 aliphatic carbocycles. The van der Waals surface area contributed by atoms with E-state index in [1.165, 1.54) is 0 Å². The Balaban J connectivity index is 1.59. The van der Waals surface area contributed by atoms with Crippen LogP contribution >= 0.6 is 0 Å². The van der Waals surface area contributed by atoms with Crippen LogP contribution in [0.2, 0.25) is 0 Å². The Kier molecular flexibility index (Phi) is 4.71. The van der Waals surface area contributed by atoms with Gasteiger partial charge in [0.05, 0.1) is 29.4 Å². The molecule has 0 bridgehead atoms. The van der Waals surface area contributed by atoms with Crippen LogP contribution in [0.3, 0.4) is 0 Å². The minimum atomic E-state index is -0.00416. The number of imidazole rings is 1. The molecule has 158 valence electrons. The van der Waals surface area contributed by atoms with Crippen LogP contribution in [-0.2, 0) is 13.6 Å². The Labute approximate surface area is 179 Å². The van der Waals surface area contributed by atoms with E-state index in [4.69, 9.17) is 0 Å². The molecule has 0 spiro atoms. The number of anilines is 1. The minimum absolute atomic E-state index is 0.00416. The number of hydrogen-bond donors (Lipinski definition) is 2. The van der Waals surface area contributed by atoms with Crippen molar-refractivity contribution in [2.75, 3.05) is 25.0 Å². The lowest BCUT2D eigenvalue weighted by atomic mass is 10.1. The Morgan fingerprint density at radius 2 is 2.06 bits per heavy atom. The van der Waals surface area contributed by atoms with E-state index in [9.17, 15) is 9.90 Å². The fraction of sp³-hybridized carbons (Fsp3) is 0.261. The summed E-state index contributed by atoms with van der Waals surface area (Å²) < 4.78 is 3.82. The van der Waals surface area contributed by atoms with Gasteiger partial charge in [-0.05, 0) is 42.3 Å². The summed E-state index contributed by atoms with van der Waals surface area (Å²) in [5.74, 6) is 0.0288. The quantitative estimate of drug-likeness (QED) is 0.505. The lowest BCUT2D eigenvalue weighted by molar-refractivity contribution is 0.0788. The van der Waals surface area contributed by atoms with Gasteiger partial charge in [-0.1, -0.05) is 6.07 Å². The summed E-state index contributed by atoms with van der Waals surface area (Å²) in [7, 11) is 1.90. The SMILES string of the molecule is CCN1Cc2cc(-n3cnc4cc(-c5cnn(C)c5)ccc43)cc(NCCO)c2C1=O. The zero-order valence-corrected chi connectivity index (χ0v) is 17.5. The molecule has 2 N–H and O–H groups in total. The van der Waals surface area contributed by atoms with Gasteiger partial charge in [-0.2, -0.15) is 5.10 Å². The van der Waals surface area contributed by atoms with E-state index >= 15 is 0 Å². The highest BCUT2D eigenvalue weighted by molar-refractivity contribution is 6.04. The van der Waals surface area contributed by atoms with Gasteiger partial charge in [-0.25, -0.2) is 4.98 Å². The van der Waals surface area contributed by atoms with Gasteiger partial charge in [0.1, 0.15) is 6.33 Å². The molecular formula is C23H24N6O2. The van der Waals surface area contributed by atoms with Crippen LogP contribution in [0.1, 0.15) is 22.8 Å². The average molecular weight is 416 g/mol. The number of nitrogens with one attached hydrogen (secondary N) is 1. The third-order valence-corrected chi connectivity index (χ3v) is 5.74. The lowest BCUT2D eigenvalue weighted by Crippen LogP contribution is -2.23. The van der Waals surface area contributed by atoms with E-state index in [1.54, 1.807) is 4.68 Å². The van der Waals surface area contributed by atoms with Gasteiger partial charge in [0.15, 0.2) is 0 Å². The number of carbonyl (C=O) groups excluding carboxylic acids is 1. The number of nitrogens with zero attached hydrogens (tertiary/aromatic N) is 5. The van der Waals surface area contributed by atoms with E-state index in [1.807, 2.05) is 48.2 Å². The van der Waals surface area contributed by atoms with E-state index in [0.717, 1.165) is 39.1 Å². The molecule has 31 heavy (non-hydrogen) atoms. The molecule has 4 aromatic rings. The molecule has 5 rings (SSSR count). The van der Waals surface area contributed by atoms with Gasteiger partial charge in [0.25, 0.3) is 5.91 Å². The second-order valence-electron chi connectivity index (χ2n) is 7.72. The fourth-order valence-corrected chi connectivity index (χ4v) is 4.19. The molecule has 0 saturated carbocycles. The van der Waals surface area contributed by atoms with Crippen molar-refractivity contribution in [3.63, 3.8) is 0 Å². The molecule has 2 aromatic heterocycles. The average Bonchev–Trinajstić information content (AvgIpc) is 3.48. The van der Waals surface area contributed by atoms with E-state index in [-0.39, 0.29) is 12.5 Å². The van der Waals surface area contributed by atoms with Crippen molar-refractivity contribution in [1.82, 2.24) is 24.2 Å². The molecule has 0 unspecified atom stereocenters. The molecule has 8 nitrogen and oxygen atoms in total. The molecule has 0 atom stereocenters. The van der Waals surface area contributed by atoms with Crippen LogP contribution in [0.4, 0.5) is 5.69 Å². The van der Waals surface area contributed by atoms with Crippen LogP contribution < -0.4 is 5.32 Å². The number of aromatic nitrogens is 4. The second kappa shape index (κ2) is 7.55. The van der Waals surface area contributed by atoms with Gasteiger partial charge in [0, 0.05) is 49.8 Å². The summed E-state index contributed by atoms with van der Waals surface area (Å²) in [5, 5.41) is 16.7. The Morgan fingerprint density at radius 1 is 1.19 bits per heavy atom. The van der Waals surface area contributed by atoms with Crippen LogP contribution in [0.25, 0.3) is 27.8 Å². The van der Waals surface area contributed by atoms with Crippen molar-refractivity contribution in [2.45, 2.75) is 13.5 Å². The summed E-state index contributed by atoms with van der Waals surface area (Å²) in [6, 6.07) is 10.2. The molecule has 0 radical (unpaired) electrons. The number of aliphatic hydroxyl groups excluding tert-OH is 1. The Bertz CT molecular complexity index is 1290. The minimum Gasteiger partial charge on any atom is -0.395 e. The Hall–Kier alpha value is -3.65. The van der Waals surface area contributed by atoms with Crippen LogP contribution in [0, 0.1) is 0 Å². The standard InChI is InChI=1S/C23H24N6O2/c1-3-28-13-16-8-18(10-20(24-6-7-30)22(16)23(28)31)29-14-25-19-9-15(4-5-21(19)29)17-11-26-27(2)12-17/h4-5,8-12,14,24,30H,3,6-7,13H2,1-2H3. The summed E-state index contributed by atoms with van der Waals surface area (Å²) in [4.78, 5) is 19.2. The van der Waals surface area contributed by atoms with Crippen molar-refractivity contribution < 1.29 is 9.90 Å².